The summed E-state index contributed by atoms with van der Waals surface area (Å²) in [5, 5.41) is 17.4. The maximum atomic E-state index is 6.30. The molecular weight excluding hydrogens is 409 g/mol. The van der Waals surface area contributed by atoms with Gasteiger partial charge in [0.25, 0.3) is 0 Å². The summed E-state index contributed by atoms with van der Waals surface area (Å²) in [5.74, 6) is 1.75. The van der Waals surface area contributed by atoms with Crippen LogP contribution in [0, 0.1) is 0 Å². The highest BCUT2D eigenvalue weighted by Crippen LogP contribution is 2.42. The summed E-state index contributed by atoms with van der Waals surface area (Å²) in [6.07, 6.45) is 1.74. The smallest absolute Gasteiger partial charge is 0.248 e. The van der Waals surface area contributed by atoms with Crippen molar-refractivity contribution < 1.29 is 4.42 Å². The normalized spacial score (nSPS) is 15.9. The van der Waals surface area contributed by atoms with Gasteiger partial charge >= 0.3 is 0 Å². The SMILES string of the molecule is CC1=C(c2nnc(-c3ccccc3)o2)C(c2ccc(Cl)c(Cl)c2)n2nccc2N1. The van der Waals surface area contributed by atoms with Crippen molar-refractivity contribution in [2.75, 3.05) is 5.32 Å². The fourth-order valence-corrected chi connectivity index (χ4v) is 3.81. The molecule has 1 aliphatic heterocycles. The lowest BCUT2D eigenvalue weighted by Crippen LogP contribution is -2.23. The monoisotopic (exact) mass is 423 g/mol. The van der Waals surface area contributed by atoms with Crippen LogP contribution in [0.2, 0.25) is 10.0 Å². The van der Waals surface area contributed by atoms with Gasteiger partial charge in [-0.05, 0) is 36.8 Å². The molecule has 1 N–H and O–H groups in total. The number of halogens is 2. The molecular formula is C21H15Cl2N5O. The quantitative estimate of drug-likeness (QED) is 0.458. The van der Waals surface area contributed by atoms with Crippen molar-refractivity contribution in [2.45, 2.75) is 13.0 Å². The van der Waals surface area contributed by atoms with Crippen molar-refractivity contribution in [2.24, 2.45) is 0 Å². The minimum absolute atomic E-state index is 0.292. The highest BCUT2D eigenvalue weighted by Gasteiger charge is 2.33. The van der Waals surface area contributed by atoms with Gasteiger partial charge in [0.1, 0.15) is 11.9 Å². The lowest BCUT2D eigenvalue weighted by molar-refractivity contribution is 0.529. The number of hydrogen-bond donors (Lipinski definition) is 1. The molecule has 1 aliphatic rings. The Kier molecular flexibility index (Phi) is 4.38. The van der Waals surface area contributed by atoms with Crippen LogP contribution in [0.15, 0.2) is 70.9 Å². The van der Waals surface area contributed by atoms with Crippen molar-refractivity contribution in [3.8, 4) is 11.5 Å². The van der Waals surface area contributed by atoms with Gasteiger partial charge in [0.15, 0.2) is 0 Å². The van der Waals surface area contributed by atoms with Crippen LogP contribution in [0.4, 0.5) is 5.82 Å². The second-order valence-corrected chi connectivity index (χ2v) is 7.49. The summed E-state index contributed by atoms with van der Waals surface area (Å²) >= 11 is 12.4. The summed E-state index contributed by atoms with van der Waals surface area (Å²) < 4.78 is 7.93. The average molecular weight is 424 g/mol. The summed E-state index contributed by atoms with van der Waals surface area (Å²) in [5.41, 5.74) is 3.51. The molecule has 8 heteroatoms. The molecule has 2 aromatic carbocycles. The molecule has 1 atom stereocenters. The molecule has 0 radical (unpaired) electrons. The third kappa shape index (κ3) is 3.10. The summed E-state index contributed by atoms with van der Waals surface area (Å²) in [4.78, 5) is 0. The van der Waals surface area contributed by atoms with E-state index in [2.05, 4.69) is 20.6 Å². The van der Waals surface area contributed by atoms with Crippen LogP contribution < -0.4 is 5.32 Å². The van der Waals surface area contributed by atoms with Gasteiger partial charge in [-0.2, -0.15) is 5.10 Å². The Morgan fingerprint density at radius 3 is 2.55 bits per heavy atom. The van der Waals surface area contributed by atoms with Crippen LogP contribution in [-0.4, -0.2) is 20.0 Å². The first-order valence-electron chi connectivity index (χ1n) is 8.97. The number of rotatable bonds is 3. The van der Waals surface area contributed by atoms with Gasteiger partial charge in [-0.25, -0.2) is 4.68 Å². The minimum atomic E-state index is -0.292. The lowest BCUT2D eigenvalue weighted by atomic mass is 9.95. The van der Waals surface area contributed by atoms with E-state index in [9.17, 15) is 0 Å². The van der Waals surface area contributed by atoms with E-state index in [0.29, 0.717) is 21.8 Å². The molecule has 0 fully saturated rings. The molecule has 4 aromatic rings. The average Bonchev–Trinajstić information content (AvgIpc) is 3.39. The van der Waals surface area contributed by atoms with E-state index in [1.165, 1.54) is 0 Å². The zero-order valence-corrected chi connectivity index (χ0v) is 16.8. The molecule has 2 aromatic heterocycles. The Morgan fingerprint density at radius 1 is 0.966 bits per heavy atom. The highest BCUT2D eigenvalue weighted by molar-refractivity contribution is 6.42. The number of benzene rings is 2. The van der Waals surface area contributed by atoms with Crippen LogP contribution >= 0.6 is 23.2 Å². The third-order valence-electron chi connectivity index (χ3n) is 4.84. The fraction of sp³-hybridized carbons (Fsp3) is 0.0952. The number of anilines is 1. The van der Waals surface area contributed by atoms with E-state index < -0.39 is 0 Å². The number of nitrogens with zero attached hydrogens (tertiary/aromatic N) is 4. The van der Waals surface area contributed by atoms with Crippen LogP contribution in [0.25, 0.3) is 17.0 Å². The van der Waals surface area contributed by atoms with Gasteiger partial charge in [-0.1, -0.05) is 47.5 Å². The van der Waals surface area contributed by atoms with E-state index in [0.717, 1.165) is 28.2 Å². The molecule has 0 saturated heterocycles. The fourth-order valence-electron chi connectivity index (χ4n) is 3.50. The van der Waals surface area contributed by atoms with Crippen LogP contribution in [0.5, 0.6) is 0 Å². The molecule has 0 amide bonds. The van der Waals surface area contributed by atoms with Gasteiger partial charge in [0.05, 0.1) is 21.8 Å². The Hall–Kier alpha value is -3.09. The van der Waals surface area contributed by atoms with E-state index in [-0.39, 0.29) is 6.04 Å². The first-order valence-corrected chi connectivity index (χ1v) is 9.73. The number of hydrogen-bond acceptors (Lipinski definition) is 5. The van der Waals surface area contributed by atoms with Gasteiger partial charge in [0, 0.05) is 17.3 Å². The molecule has 6 nitrogen and oxygen atoms in total. The molecule has 0 bridgehead atoms. The molecule has 0 aliphatic carbocycles. The topological polar surface area (TPSA) is 68.8 Å². The van der Waals surface area contributed by atoms with E-state index in [4.69, 9.17) is 27.6 Å². The second kappa shape index (κ2) is 7.06. The minimum Gasteiger partial charge on any atom is -0.416 e. The summed E-state index contributed by atoms with van der Waals surface area (Å²) in [6, 6.07) is 16.8. The zero-order chi connectivity index (χ0) is 20.0. The molecule has 1 unspecified atom stereocenters. The predicted molar refractivity (Wildman–Crippen MR) is 113 cm³/mol. The van der Waals surface area contributed by atoms with Crippen molar-refractivity contribution in [3.05, 3.63) is 88.0 Å². The largest absolute Gasteiger partial charge is 0.416 e. The number of allylic oxidation sites excluding steroid dienone is 2. The third-order valence-corrected chi connectivity index (χ3v) is 5.58. The Balaban J connectivity index is 1.65. The van der Waals surface area contributed by atoms with Crippen molar-refractivity contribution in [1.82, 2.24) is 20.0 Å². The van der Waals surface area contributed by atoms with Crippen molar-refractivity contribution >= 4 is 34.6 Å². The van der Waals surface area contributed by atoms with Gasteiger partial charge in [-0.3, -0.25) is 0 Å². The maximum absolute atomic E-state index is 6.30. The summed E-state index contributed by atoms with van der Waals surface area (Å²) in [6.45, 7) is 1.97. The molecule has 5 rings (SSSR count). The summed E-state index contributed by atoms with van der Waals surface area (Å²) in [7, 11) is 0. The van der Waals surface area contributed by atoms with Gasteiger partial charge < -0.3 is 9.73 Å². The van der Waals surface area contributed by atoms with E-state index >= 15 is 0 Å². The number of nitrogens with one attached hydrogen (secondary N) is 1. The zero-order valence-electron chi connectivity index (χ0n) is 15.3. The van der Waals surface area contributed by atoms with Crippen LogP contribution in [-0.2, 0) is 0 Å². The molecule has 0 saturated carbocycles. The van der Waals surface area contributed by atoms with E-state index in [1.807, 2.05) is 60.1 Å². The Labute approximate surface area is 176 Å². The second-order valence-electron chi connectivity index (χ2n) is 6.68. The van der Waals surface area contributed by atoms with Gasteiger partial charge in [-0.15, -0.1) is 10.2 Å². The predicted octanol–water partition coefficient (Wildman–Crippen LogP) is 5.69. The lowest BCUT2D eigenvalue weighted by Gasteiger charge is -2.28. The Bertz CT molecular complexity index is 1230. The molecule has 3 heterocycles. The highest BCUT2D eigenvalue weighted by atomic mass is 35.5. The van der Waals surface area contributed by atoms with Crippen LogP contribution in [0.3, 0.4) is 0 Å². The number of aromatic nitrogens is 4. The van der Waals surface area contributed by atoms with Crippen LogP contribution in [0.1, 0.15) is 24.4 Å². The number of fused-ring (bicyclic) bond motifs is 1. The molecule has 29 heavy (non-hydrogen) atoms. The van der Waals surface area contributed by atoms with Gasteiger partial charge in [0.2, 0.25) is 11.8 Å². The molecule has 144 valence electrons. The first kappa shape index (κ1) is 18.0. The molecule has 0 spiro atoms. The maximum Gasteiger partial charge on any atom is 0.248 e. The van der Waals surface area contributed by atoms with Crippen molar-refractivity contribution in [3.63, 3.8) is 0 Å². The van der Waals surface area contributed by atoms with E-state index in [1.54, 1.807) is 12.3 Å². The van der Waals surface area contributed by atoms with Crippen molar-refractivity contribution in [1.29, 1.82) is 0 Å². The first-order chi connectivity index (χ1) is 14.1. The standard InChI is InChI=1S/C21H15Cl2N5O/c1-12-18(21-27-26-20(29-21)13-5-3-2-4-6-13)19(28-17(25-12)9-10-24-28)14-7-8-15(22)16(23)11-14/h2-11,19,25H,1H3. The Morgan fingerprint density at radius 2 is 1.76 bits per heavy atom.